The van der Waals surface area contributed by atoms with Gasteiger partial charge in [0.15, 0.2) is 0 Å². The van der Waals surface area contributed by atoms with Crippen LogP contribution in [0.15, 0.2) is 0 Å². The van der Waals surface area contributed by atoms with Crippen molar-refractivity contribution in [2.45, 2.75) is 26.4 Å². The molecular weight excluding hydrogens is 236 g/mol. The van der Waals surface area contributed by atoms with Gasteiger partial charge in [0, 0.05) is 18.4 Å². The van der Waals surface area contributed by atoms with Crippen molar-refractivity contribution >= 4 is 11.8 Å². The highest BCUT2D eigenvalue weighted by Gasteiger charge is 2.32. The van der Waals surface area contributed by atoms with E-state index >= 15 is 0 Å². The second kappa shape index (κ2) is 7.69. The Hall–Kier alpha value is -1.58. The van der Waals surface area contributed by atoms with Gasteiger partial charge in [-0.1, -0.05) is 19.8 Å². The van der Waals surface area contributed by atoms with E-state index < -0.39 is 17.4 Å². The van der Waals surface area contributed by atoms with Crippen LogP contribution in [0.3, 0.4) is 0 Å². The van der Waals surface area contributed by atoms with E-state index in [4.69, 9.17) is 11.5 Å². The van der Waals surface area contributed by atoms with Crippen LogP contribution in [0.4, 0.5) is 0 Å². The van der Waals surface area contributed by atoms with Crippen LogP contribution in [0, 0.1) is 17.8 Å². The monoisotopic (exact) mass is 256 g/mol. The Kier molecular flexibility index (Phi) is 7.01. The summed E-state index contributed by atoms with van der Waals surface area (Å²) in [7, 11) is 0. The lowest BCUT2D eigenvalue weighted by Crippen LogP contribution is -2.46. The minimum Gasteiger partial charge on any atom is -0.396 e. The number of aliphatic hydroxyl groups excluding tert-OH is 2. The minimum atomic E-state index is -1.32. The van der Waals surface area contributed by atoms with Gasteiger partial charge >= 0.3 is 0 Å². The molecule has 1 atom stereocenters. The third-order valence-electron chi connectivity index (χ3n) is 2.43. The largest absolute Gasteiger partial charge is 0.396 e. The first-order valence-corrected chi connectivity index (χ1v) is 5.62. The van der Waals surface area contributed by atoms with Crippen LogP contribution in [0.25, 0.3) is 0 Å². The number of amides is 2. The summed E-state index contributed by atoms with van der Waals surface area (Å²) in [5.41, 5.74) is -0.921. The van der Waals surface area contributed by atoms with Crippen LogP contribution in [-0.4, -0.2) is 47.8 Å². The maximum Gasteiger partial charge on any atom is 0.249 e. The van der Waals surface area contributed by atoms with Gasteiger partial charge in [0.2, 0.25) is 11.8 Å². The van der Waals surface area contributed by atoms with Gasteiger partial charge in [-0.2, -0.15) is 0 Å². The average Bonchev–Trinajstić information content (AvgIpc) is 2.35. The molecule has 0 unspecified atom stereocenters. The SMILES string of the molecule is C#CCNC(=O)CCNC(=O)[C@H](O)C(C)(C)CO. The number of carbonyl (C=O) groups excluding carboxylic acids is 2. The Morgan fingerprint density at radius 3 is 2.50 bits per heavy atom. The maximum absolute atomic E-state index is 11.5. The molecule has 0 fully saturated rings. The first-order valence-electron chi connectivity index (χ1n) is 5.62. The van der Waals surface area contributed by atoms with Crippen molar-refractivity contribution in [3.05, 3.63) is 0 Å². The van der Waals surface area contributed by atoms with E-state index in [0.717, 1.165) is 0 Å². The van der Waals surface area contributed by atoms with Gasteiger partial charge in [0.1, 0.15) is 6.10 Å². The van der Waals surface area contributed by atoms with Crippen molar-refractivity contribution < 1.29 is 19.8 Å². The number of hydrogen-bond donors (Lipinski definition) is 4. The van der Waals surface area contributed by atoms with Crippen molar-refractivity contribution in [3.63, 3.8) is 0 Å². The van der Waals surface area contributed by atoms with Crippen LogP contribution in [0.2, 0.25) is 0 Å². The molecule has 6 heteroatoms. The third-order valence-corrected chi connectivity index (χ3v) is 2.43. The highest BCUT2D eigenvalue weighted by Crippen LogP contribution is 2.19. The third kappa shape index (κ3) is 5.66. The van der Waals surface area contributed by atoms with Gasteiger partial charge in [-0.25, -0.2) is 0 Å². The van der Waals surface area contributed by atoms with E-state index in [0.29, 0.717) is 0 Å². The Morgan fingerprint density at radius 2 is 2.00 bits per heavy atom. The molecule has 0 aromatic heterocycles. The van der Waals surface area contributed by atoms with Gasteiger partial charge in [0.05, 0.1) is 13.2 Å². The topological polar surface area (TPSA) is 98.7 Å². The van der Waals surface area contributed by atoms with Crippen LogP contribution in [-0.2, 0) is 9.59 Å². The van der Waals surface area contributed by atoms with E-state index in [1.165, 1.54) is 0 Å². The maximum atomic E-state index is 11.5. The molecule has 0 rings (SSSR count). The second-order valence-electron chi connectivity index (χ2n) is 4.57. The molecule has 0 aliphatic rings. The highest BCUT2D eigenvalue weighted by molar-refractivity contribution is 5.82. The fraction of sp³-hybridized carbons (Fsp3) is 0.667. The Morgan fingerprint density at radius 1 is 1.39 bits per heavy atom. The molecule has 2 amide bonds. The fourth-order valence-corrected chi connectivity index (χ4v) is 1.08. The quantitative estimate of drug-likeness (QED) is 0.422. The number of nitrogens with one attached hydrogen (secondary N) is 2. The standard InChI is InChI=1S/C12H20N2O4/c1-4-6-13-9(16)5-7-14-11(18)10(17)12(2,3)8-15/h1,10,15,17H,5-8H2,2-3H3,(H,13,16)(H,14,18)/t10-/m0/s1. The van der Waals surface area contributed by atoms with Crippen molar-refractivity contribution in [3.8, 4) is 12.3 Å². The van der Waals surface area contributed by atoms with Gasteiger partial charge < -0.3 is 20.8 Å². The lowest BCUT2D eigenvalue weighted by molar-refractivity contribution is -0.137. The number of rotatable bonds is 7. The number of terminal acetylenes is 1. The van der Waals surface area contributed by atoms with E-state index in [2.05, 4.69) is 16.6 Å². The molecule has 0 aromatic carbocycles. The molecule has 4 N–H and O–H groups in total. The summed E-state index contributed by atoms with van der Waals surface area (Å²) in [5.74, 6) is 1.37. The summed E-state index contributed by atoms with van der Waals surface area (Å²) < 4.78 is 0. The van der Waals surface area contributed by atoms with E-state index in [-0.39, 0.29) is 32.0 Å². The molecule has 0 bridgehead atoms. The van der Waals surface area contributed by atoms with Crippen molar-refractivity contribution in [1.29, 1.82) is 0 Å². The summed E-state index contributed by atoms with van der Waals surface area (Å²) in [5, 5.41) is 23.5. The zero-order valence-electron chi connectivity index (χ0n) is 10.7. The van der Waals surface area contributed by atoms with Crippen molar-refractivity contribution in [1.82, 2.24) is 10.6 Å². The summed E-state index contributed by atoms with van der Waals surface area (Å²) in [6, 6.07) is 0. The molecule has 6 nitrogen and oxygen atoms in total. The molecule has 18 heavy (non-hydrogen) atoms. The zero-order valence-corrected chi connectivity index (χ0v) is 10.7. The molecule has 0 aliphatic heterocycles. The van der Waals surface area contributed by atoms with Crippen LogP contribution < -0.4 is 10.6 Å². The fourth-order valence-electron chi connectivity index (χ4n) is 1.08. The molecule has 0 aromatic rings. The molecule has 102 valence electrons. The normalized spacial score (nSPS) is 12.4. The van der Waals surface area contributed by atoms with Crippen molar-refractivity contribution in [2.75, 3.05) is 19.7 Å². The predicted molar refractivity (Wildman–Crippen MR) is 66.3 cm³/mol. The van der Waals surface area contributed by atoms with Crippen LogP contribution >= 0.6 is 0 Å². The second-order valence-corrected chi connectivity index (χ2v) is 4.57. The summed E-state index contributed by atoms with van der Waals surface area (Å²) in [4.78, 5) is 22.7. The van der Waals surface area contributed by atoms with Gasteiger partial charge in [-0.3, -0.25) is 9.59 Å². The first-order chi connectivity index (χ1) is 8.35. The highest BCUT2D eigenvalue weighted by atomic mass is 16.3. The molecular formula is C12H20N2O4. The average molecular weight is 256 g/mol. The van der Waals surface area contributed by atoms with Gasteiger partial charge in [-0.15, -0.1) is 6.42 Å². The van der Waals surface area contributed by atoms with E-state index in [1.54, 1.807) is 13.8 Å². The van der Waals surface area contributed by atoms with E-state index in [1.807, 2.05) is 0 Å². The number of hydrogen-bond acceptors (Lipinski definition) is 4. The molecule has 0 spiro atoms. The van der Waals surface area contributed by atoms with E-state index in [9.17, 15) is 14.7 Å². The number of carbonyl (C=O) groups is 2. The van der Waals surface area contributed by atoms with Crippen molar-refractivity contribution in [2.24, 2.45) is 5.41 Å². The van der Waals surface area contributed by atoms with Crippen LogP contribution in [0.5, 0.6) is 0 Å². The molecule has 0 saturated carbocycles. The molecule has 0 saturated heterocycles. The predicted octanol–water partition coefficient (Wildman–Crippen LogP) is -1.38. The summed E-state index contributed by atoms with van der Waals surface area (Å²) in [6.07, 6.45) is 3.73. The molecule has 0 aliphatic carbocycles. The Bertz CT molecular complexity index is 333. The Labute approximate surface area is 107 Å². The van der Waals surface area contributed by atoms with Crippen LogP contribution in [0.1, 0.15) is 20.3 Å². The molecule has 0 radical (unpaired) electrons. The lowest BCUT2D eigenvalue weighted by Gasteiger charge is -2.27. The Balaban J connectivity index is 3.98. The van der Waals surface area contributed by atoms with Gasteiger partial charge in [0.25, 0.3) is 0 Å². The summed E-state index contributed by atoms with van der Waals surface area (Å²) >= 11 is 0. The number of aliphatic hydroxyl groups is 2. The van der Waals surface area contributed by atoms with Gasteiger partial charge in [-0.05, 0) is 0 Å². The lowest BCUT2D eigenvalue weighted by atomic mass is 9.87. The minimum absolute atomic E-state index is 0.0830. The smallest absolute Gasteiger partial charge is 0.249 e. The molecule has 0 heterocycles. The first kappa shape index (κ1) is 16.4. The summed E-state index contributed by atoms with van der Waals surface area (Å²) in [6.45, 7) is 3.07. The zero-order chi connectivity index (χ0) is 14.2.